The summed E-state index contributed by atoms with van der Waals surface area (Å²) in [4.78, 5) is 64.8. The van der Waals surface area contributed by atoms with Crippen LogP contribution >= 0.6 is 34.8 Å². The number of benzene rings is 8. The fourth-order valence-corrected chi connectivity index (χ4v) is 6.98. The molecular weight excluding hydrogens is 1030 g/mol. The van der Waals surface area contributed by atoms with Crippen molar-refractivity contribution < 1.29 is 54.2 Å². The standard InChI is InChI=1S/C14H13NO3.C13H9Cl2NO2.C13H9ClN2O4.C13H10N2O4/c1-18-11-6-4-5-10(9-11)15-13-8-3-2-7-12(13)14(16)17;14-8-5-6-10(15)12(7-8)16-11-4-2-1-3-9(11)13(17)18;14-8-5-6-12(16(19)20)11(7-8)15-10-4-2-1-3-9(10)13(17)18;16-13(17)11-6-1-2-7-12(11)14-9-4-3-5-10(8-9)15(18)19/h2-9,15H,1H3,(H,16,17);1-7,16H,(H,17,18);1-7,15H,(H,17,18);1-8,14H,(H,16,17). The lowest BCUT2D eigenvalue weighted by Crippen LogP contribution is -2.03. The average Bonchev–Trinajstić information content (AvgIpc) is 3.38. The van der Waals surface area contributed by atoms with E-state index in [-0.39, 0.29) is 45.0 Å². The van der Waals surface area contributed by atoms with Crippen LogP contribution in [0.1, 0.15) is 41.4 Å². The molecule has 8 aromatic rings. The van der Waals surface area contributed by atoms with E-state index in [1.54, 1.807) is 110 Å². The van der Waals surface area contributed by atoms with Gasteiger partial charge in [0, 0.05) is 45.7 Å². The molecule has 382 valence electrons. The predicted octanol–water partition coefficient (Wildman–Crippen LogP) is 14.3. The van der Waals surface area contributed by atoms with Crippen LogP contribution in [0.5, 0.6) is 5.75 Å². The minimum absolute atomic E-state index is 0.0155. The molecule has 0 fully saturated rings. The molecule has 8 aromatic carbocycles. The zero-order valence-electron chi connectivity index (χ0n) is 38.8. The number of methoxy groups -OCH3 is 1. The highest BCUT2D eigenvalue weighted by atomic mass is 35.5. The van der Waals surface area contributed by atoms with Gasteiger partial charge in [-0.15, -0.1) is 0 Å². The Labute approximate surface area is 441 Å². The van der Waals surface area contributed by atoms with E-state index in [0.717, 1.165) is 5.69 Å². The molecule has 0 aliphatic heterocycles. The van der Waals surface area contributed by atoms with Crippen LogP contribution in [-0.2, 0) is 0 Å². The van der Waals surface area contributed by atoms with Gasteiger partial charge >= 0.3 is 23.9 Å². The molecule has 19 nitrogen and oxygen atoms in total. The zero-order chi connectivity index (χ0) is 54.6. The second-order valence-electron chi connectivity index (χ2n) is 15.0. The van der Waals surface area contributed by atoms with Crippen molar-refractivity contribution in [2.45, 2.75) is 0 Å². The van der Waals surface area contributed by atoms with Gasteiger partial charge in [0.05, 0.1) is 72.7 Å². The van der Waals surface area contributed by atoms with Crippen molar-refractivity contribution in [1.29, 1.82) is 0 Å². The van der Waals surface area contributed by atoms with E-state index < -0.39 is 33.7 Å². The summed E-state index contributed by atoms with van der Waals surface area (Å²) in [6.45, 7) is 0. The Bertz CT molecular complexity index is 3380. The van der Waals surface area contributed by atoms with E-state index >= 15 is 0 Å². The largest absolute Gasteiger partial charge is 0.497 e. The van der Waals surface area contributed by atoms with Crippen molar-refractivity contribution in [2.75, 3.05) is 28.4 Å². The van der Waals surface area contributed by atoms with Gasteiger partial charge in [0.15, 0.2) is 0 Å². The molecule has 0 aliphatic rings. The molecule has 0 aromatic heterocycles. The number of nitrogens with zero attached hydrogens (tertiary/aromatic N) is 2. The third-order valence-corrected chi connectivity index (χ3v) is 10.7. The molecule has 0 spiro atoms. The maximum atomic E-state index is 11.1. The summed E-state index contributed by atoms with van der Waals surface area (Å²) in [5, 5.41) is 70.8. The monoisotopic (exact) mass is 1070 g/mol. The Balaban J connectivity index is 0.000000185. The molecule has 8 rings (SSSR count). The van der Waals surface area contributed by atoms with Gasteiger partial charge in [-0.1, -0.05) is 95.5 Å². The van der Waals surface area contributed by atoms with Crippen LogP contribution in [0.3, 0.4) is 0 Å². The smallest absolute Gasteiger partial charge is 0.337 e. The Morgan fingerprint density at radius 3 is 1.24 bits per heavy atom. The summed E-state index contributed by atoms with van der Waals surface area (Å²) in [5.41, 5.74) is 3.89. The number of non-ortho nitro benzene ring substituents is 1. The van der Waals surface area contributed by atoms with Gasteiger partial charge in [-0.2, -0.15) is 0 Å². The molecule has 0 heterocycles. The summed E-state index contributed by atoms with van der Waals surface area (Å²) in [7, 11) is 1.59. The molecular formula is C53H41Cl3N6O13. The first-order valence-corrected chi connectivity index (χ1v) is 22.6. The quantitative estimate of drug-likeness (QED) is 0.0350. The molecule has 75 heavy (non-hydrogen) atoms. The van der Waals surface area contributed by atoms with Crippen LogP contribution < -0.4 is 26.0 Å². The lowest BCUT2D eigenvalue weighted by molar-refractivity contribution is -0.384. The van der Waals surface area contributed by atoms with Gasteiger partial charge in [-0.25, -0.2) is 19.2 Å². The number of rotatable bonds is 15. The molecule has 0 unspecified atom stereocenters. The van der Waals surface area contributed by atoms with Crippen molar-refractivity contribution >= 4 is 116 Å². The van der Waals surface area contributed by atoms with Crippen LogP contribution in [-0.4, -0.2) is 61.3 Å². The van der Waals surface area contributed by atoms with Crippen LogP contribution in [0.2, 0.25) is 15.1 Å². The highest BCUT2D eigenvalue weighted by Crippen LogP contribution is 2.33. The predicted molar refractivity (Wildman–Crippen MR) is 287 cm³/mol. The van der Waals surface area contributed by atoms with E-state index in [9.17, 15) is 39.4 Å². The van der Waals surface area contributed by atoms with Crippen molar-refractivity contribution in [3.63, 3.8) is 0 Å². The molecule has 0 saturated heterocycles. The lowest BCUT2D eigenvalue weighted by Gasteiger charge is -2.11. The molecule has 0 bridgehead atoms. The first-order valence-electron chi connectivity index (χ1n) is 21.5. The number of carbonyl (C=O) groups is 4. The number of aromatic carboxylic acids is 4. The summed E-state index contributed by atoms with van der Waals surface area (Å²) in [5.74, 6) is -3.43. The third-order valence-electron chi connectivity index (χ3n) is 9.94. The Kier molecular flexibility index (Phi) is 20.4. The number of carboxylic acids is 4. The van der Waals surface area contributed by atoms with Gasteiger partial charge in [-0.3, -0.25) is 20.2 Å². The molecule has 22 heteroatoms. The SMILES string of the molecule is COc1cccc(Nc2ccccc2C(=O)O)c1.O=C(O)c1ccccc1Nc1cc(Cl)ccc1Cl.O=C(O)c1ccccc1Nc1cc(Cl)ccc1[N+](=O)[O-].O=C(O)c1ccccc1Nc1cccc([N+](=O)[O-])c1. The first-order chi connectivity index (χ1) is 35.8. The summed E-state index contributed by atoms with van der Waals surface area (Å²) >= 11 is 17.7. The summed E-state index contributed by atoms with van der Waals surface area (Å²) < 4.78 is 5.11. The molecule has 0 aliphatic carbocycles. The number of nitro benzene ring substituents is 2. The van der Waals surface area contributed by atoms with Gasteiger partial charge in [0.1, 0.15) is 11.4 Å². The van der Waals surface area contributed by atoms with Crippen molar-refractivity contribution in [3.05, 3.63) is 240 Å². The molecule has 8 N–H and O–H groups in total. The van der Waals surface area contributed by atoms with Gasteiger partial charge in [0.2, 0.25) is 0 Å². The number of ether oxygens (including phenoxy) is 1. The third kappa shape index (κ3) is 16.7. The maximum Gasteiger partial charge on any atom is 0.337 e. The van der Waals surface area contributed by atoms with E-state index in [1.807, 2.05) is 18.2 Å². The van der Waals surface area contributed by atoms with Crippen LogP contribution in [0.15, 0.2) is 182 Å². The first kappa shape index (κ1) is 56.2. The highest BCUT2D eigenvalue weighted by Gasteiger charge is 2.18. The van der Waals surface area contributed by atoms with Crippen LogP contribution in [0.4, 0.5) is 56.9 Å². The number of hydrogen-bond donors (Lipinski definition) is 8. The van der Waals surface area contributed by atoms with E-state index in [1.165, 1.54) is 60.7 Å². The van der Waals surface area contributed by atoms with E-state index in [4.69, 9.17) is 60.0 Å². The number of nitrogens with one attached hydrogen (secondary N) is 4. The second kappa shape index (κ2) is 27.2. The number of anilines is 8. The fraction of sp³-hybridized carbons (Fsp3) is 0.0189. The maximum absolute atomic E-state index is 11.1. The zero-order valence-corrected chi connectivity index (χ0v) is 41.1. The number of carboxylic acid groups (broad SMARTS) is 4. The average molecular weight is 1080 g/mol. The Morgan fingerprint density at radius 2 is 0.813 bits per heavy atom. The van der Waals surface area contributed by atoms with E-state index in [2.05, 4.69) is 21.3 Å². The van der Waals surface area contributed by atoms with Gasteiger partial charge < -0.3 is 46.4 Å². The van der Waals surface area contributed by atoms with E-state index in [0.29, 0.717) is 49.3 Å². The van der Waals surface area contributed by atoms with Crippen molar-refractivity contribution in [1.82, 2.24) is 0 Å². The van der Waals surface area contributed by atoms with Crippen LogP contribution in [0.25, 0.3) is 0 Å². The van der Waals surface area contributed by atoms with Crippen molar-refractivity contribution in [2.24, 2.45) is 0 Å². The lowest BCUT2D eigenvalue weighted by atomic mass is 10.1. The van der Waals surface area contributed by atoms with Crippen LogP contribution in [0, 0.1) is 20.2 Å². The van der Waals surface area contributed by atoms with Gasteiger partial charge in [0.25, 0.3) is 11.4 Å². The Morgan fingerprint density at radius 1 is 0.427 bits per heavy atom. The van der Waals surface area contributed by atoms with Crippen molar-refractivity contribution in [3.8, 4) is 5.75 Å². The van der Waals surface area contributed by atoms with Gasteiger partial charge in [-0.05, 0) is 97.1 Å². The topological polar surface area (TPSA) is 293 Å². The summed E-state index contributed by atoms with van der Waals surface area (Å²) in [6.07, 6.45) is 0. The number of para-hydroxylation sites is 4. The number of hydrogen-bond acceptors (Lipinski definition) is 13. The molecule has 0 atom stereocenters. The Hall–Kier alpha value is -9.69. The minimum Gasteiger partial charge on any atom is -0.497 e. The normalized spacial score (nSPS) is 9.97. The number of halogens is 3. The summed E-state index contributed by atoms with van der Waals surface area (Å²) in [6, 6.07) is 48.0. The highest BCUT2D eigenvalue weighted by molar-refractivity contribution is 6.35. The minimum atomic E-state index is -1.13. The molecule has 0 amide bonds. The fourth-order valence-electron chi connectivity index (χ4n) is 6.47. The molecule has 0 radical (unpaired) electrons. The number of nitro groups is 2. The second-order valence-corrected chi connectivity index (χ2v) is 16.3. The molecule has 0 saturated carbocycles.